The van der Waals surface area contributed by atoms with Crippen LogP contribution in [0.25, 0.3) is 5.76 Å². The quantitative estimate of drug-likeness (QED) is 0.376. The molecule has 1 unspecified atom stereocenters. The Morgan fingerprint density at radius 2 is 1.90 bits per heavy atom. The highest BCUT2D eigenvalue weighted by molar-refractivity contribution is 6.46. The number of benzene rings is 2. The molecule has 2 heterocycles. The van der Waals surface area contributed by atoms with Crippen molar-refractivity contribution in [3.63, 3.8) is 0 Å². The third-order valence-electron chi connectivity index (χ3n) is 5.31. The number of likely N-dealkylation sites (tertiary alicyclic amines) is 1. The number of halogens is 1. The molecule has 0 spiro atoms. The first-order valence-electron chi connectivity index (χ1n) is 9.62. The number of amides is 1. The van der Waals surface area contributed by atoms with Gasteiger partial charge in [0.05, 0.1) is 31.5 Å². The van der Waals surface area contributed by atoms with Gasteiger partial charge in [0.15, 0.2) is 0 Å². The summed E-state index contributed by atoms with van der Waals surface area (Å²) >= 11 is 0. The van der Waals surface area contributed by atoms with Gasteiger partial charge in [-0.1, -0.05) is 12.1 Å². The Morgan fingerprint density at radius 1 is 1.16 bits per heavy atom. The van der Waals surface area contributed by atoms with Crippen LogP contribution in [0.5, 0.6) is 5.75 Å². The van der Waals surface area contributed by atoms with Gasteiger partial charge in [-0.05, 0) is 60.5 Å². The summed E-state index contributed by atoms with van der Waals surface area (Å²) in [7, 11) is 1.54. The normalized spacial score (nSPS) is 17.9. The molecule has 1 aromatic heterocycles. The molecule has 0 saturated carbocycles. The van der Waals surface area contributed by atoms with Crippen LogP contribution in [0.15, 0.2) is 70.9 Å². The van der Waals surface area contributed by atoms with Gasteiger partial charge in [0.25, 0.3) is 11.7 Å². The van der Waals surface area contributed by atoms with Crippen molar-refractivity contribution >= 4 is 17.4 Å². The van der Waals surface area contributed by atoms with Gasteiger partial charge in [-0.3, -0.25) is 9.59 Å². The monoisotopic (exact) mass is 421 g/mol. The topological polar surface area (TPSA) is 80.0 Å². The van der Waals surface area contributed by atoms with E-state index in [1.54, 1.807) is 43.3 Å². The van der Waals surface area contributed by atoms with E-state index in [1.807, 2.05) is 0 Å². The van der Waals surface area contributed by atoms with E-state index in [1.165, 1.54) is 36.5 Å². The van der Waals surface area contributed by atoms with Crippen LogP contribution in [0.1, 0.15) is 28.5 Å². The summed E-state index contributed by atoms with van der Waals surface area (Å²) in [5.41, 5.74) is 1.13. The van der Waals surface area contributed by atoms with Crippen molar-refractivity contribution < 1.29 is 28.2 Å². The van der Waals surface area contributed by atoms with E-state index in [-0.39, 0.29) is 23.4 Å². The molecule has 6 nitrogen and oxygen atoms in total. The fraction of sp³-hybridized carbons (Fsp3) is 0.167. The standard InChI is InChI=1S/C24H20FNO5/c1-14-12-16(7-10-19(14)25)22(27)20-21(15-5-8-17(30-2)9-6-15)26(24(29)23(20)28)13-18-4-3-11-31-18/h3-12,21,27H,13H2,1-2H3/b22-20-. The lowest BCUT2D eigenvalue weighted by molar-refractivity contribution is -0.140. The number of furan rings is 1. The zero-order valence-electron chi connectivity index (χ0n) is 17.0. The Kier molecular flexibility index (Phi) is 5.33. The van der Waals surface area contributed by atoms with Crippen LogP contribution in [0, 0.1) is 12.7 Å². The number of ether oxygens (including phenoxy) is 1. The second-order valence-electron chi connectivity index (χ2n) is 7.24. The number of methoxy groups -OCH3 is 1. The molecule has 1 aliphatic rings. The third kappa shape index (κ3) is 3.70. The Balaban J connectivity index is 1.86. The first kappa shape index (κ1) is 20.4. The predicted molar refractivity (Wildman–Crippen MR) is 111 cm³/mol. The molecular weight excluding hydrogens is 401 g/mol. The minimum absolute atomic E-state index is 0.0491. The lowest BCUT2D eigenvalue weighted by Crippen LogP contribution is -2.29. The van der Waals surface area contributed by atoms with Gasteiger partial charge < -0.3 is 19.2 Å². The van der Waals surface area contributed by atoms with E-state index < -0.39 is 23.5 Å². The molecule has 4 rings (SSSR count). The van der Waals surface area contributed by atoms with E-state index >= 15 is 0 Å². The average molecular weight is 421 g/mol. The number of nitrogens with zero attached hydrogens (tertiary/aromatic N) is 1. The highest BCUT2D eigenvalue weighted by Crippen LogP contribution is 2.40. The van der Waals surface area contributed by atoms with Crippen molar-refractivity contribution in [2.75, 3.05) is 7.11 Å². The van der Waals surface area contributed by atoms with Gasteiger partial charge in [0.2, 0.25) is 0 Å². The third-order valence-corrected chi connectivity index (χ3v) is 5.31. The van der Waals surface area contributed by atoms with Crippen LogP contribution in [0.2, 0.25) is 0 Å². The number of Topliss-reactive ketones (excluding diaryl/α,β-unsaturated/α-hetero) is 1. The molecule has 1 N–H and O–H groups in total. The number of carbonyl (C=O) groups excluding carboxylic acids is 2. The number of aliphatic hydroxyl groups is 1. The van der Waals surface area contributed by atoms with Crippen molar-refractivity contribution in [3.8, 4) is 5.75 Å². The summed E-state index contributed by atoms with van der Waals surface area (Å²) in [5, 5.41) is 11.0. The molecular formula is C24H20FNO5. The molecule has 7 heteroatoms. The number of aliphatic hydroxyl groups excluding tert-OH is 1. The highest BCUT2D eigenvalue weighted by atomic mass is 19.1. The van der Waals surface area contributed by atoms with Crippen LogP contribution < -0.4 is 4.74 Å². The lowest BCUT2D eigenvalue weighted by Gasteiger charge is -2.24. The molecule has 1 saturated heterocycles. The average Bonchev–Trinajstić information content (AvgIpc) is 3.38. The molecule has 2 aromatic carbocycles. The maximum Gasteiger partial charge on any atom is 0.296 e. The molecule has 1 fully saturated rings. The zero-order valence-corrected chi connectivity index (χ0v) is 17.0. The van der Waals surface area contributed by atoms with Crippen LogP contribution in [-0.2, 0) is 16.1 Å². The number of hydrogen-bond donors (Lipinski definition) is 1. The van der Waals surface area contributed by atoms with Crippen molar-refractivity contribution in [3.05, 3.63) is 94.7 Å². The molecule has 0 aliphatic carbocycles. The maximum absolute atomic E-state index is 13.7. The fourth-order valence-electron chi connectivity index (χ4n) is 3.69. The second kappa shape index (κ2) is 8.10. The zero-order chi connectivity index (χ0) is 22.1. The van der Waals surface area contributed by atoms with E-state index in [0.29, 0.717) is 22.6 Å². The lowest BCUT2D eigenvalue weighted by atomic mass is 9.94. The van der Waals surface area contributed by atoms with Crippen molar-refractivity contribution in [1.29, 1.82) is 0 Å². The van der Waals surface area contributed by atoms with Crippen molar-refractivity contribution in [2.45, 2.75) is 19.5 Å². The molecule has 1 amide bonds. The van der Waals surface area contributed by atoms with E-state index in [2.05, 4.69) is 0 Å². The van der Waals surface area contributed by atoms with Crippen LogP contribution in [-0.4, -0.2) is 28.8 Å². The Labute approximate surface area is 178 Å². The van der Waals surface area contributed by atoms with Crippen molar-refractivity contribution in [2.24, 2.45) is 0 Å². The first-order valence-corrected chi connectivity index (χ1v) is 9.62. The first-order chi connectivity index (χ1) is 14.9. The van der Waals surface area contributed by atoms with E-state index in [0.717, 1.165) is 0 Å². The van der Waals surface area contributed by atoms with Crippen molar-refractivity contribution in [1.82, 2.24) is 4.90 Å². The largest absolute Gasteiger partial charge is 0.507 e. The van der Waals surface area contributed by atoms with E-state index in [4.69, 9.17) is 9.15 Å². The molecule has 3 aromatic rings. The molecule has 0 radical (unpaired) electrons. The molecule has 158 valence electrons. The highest BCUT2D eigenvalue weighted by Gasteiger charge is 2.46. The van der Waals surface area contributed by atoms with Gasteiger partial charge in [0, 0.05) is 5.56 Å². The van der Waals surface area contributed by atoms with Gasteiger partial charge in [-0.2, -0.15) is 0 Å². The van der Waals surface area contributed by atoms with Gasteiger partial charge in [-0.15, -0.1) is 0 Å². The summed E-state index contributed by atoms with van der Waals surface area (Å²) in [6.07, 6.45) is 1.48. The van der Waals surface area contributed by atoms with Gasteiger partial charge in [0.1, 0.15) is 23.1 Å². The molecule has 31 heavy (non-hydrogen) atoms. The molecule has 1 aliphatic heterocycles. The minimum Gasteiger partial charge on any atom is -0.507 e. The number of ketones is 1. The Morgan fingerprint density at radius 3 is 2.52 bits per heavy atom. The summed E-state index contributed by atoms with van der Waals surface area (Å²) in [6.45, 7) is 1.61. The smallest absolute Gasteiger partial charge is 0.296 e. The second-order valence-corrected chi connectivity index (χ2v) is 7.24. The summed E-state index contributed by atoms with van der Waals surface area (Å²) in [5.74, 6) is -1.24. The van der Waals surface area contributed by atoms with E-state index in [9.17, 15) is 19.1 Å². The van der Waals surface area contributed by atoms with Gasteiger partial charge >= 0.3 is 0 Å². The fourth-order valence-corrected chi connectivity index (χ4v) is 3.69. The van der Waals surface area contributed by atoms with Crippen LogP contribution in [0.3, 0.4) is 0 Å². The summed E-state index contributed by atoms with van der Waals surface area (Å²) < 4.78 is 24.3. The number of carbonyl (C=O) groups is 2. The number of hydrogen-bond acceptors (Lipinski definition) is 5. The summed E-state index contributed by atoms with van der Waals surface area (Å²) in [6, 6.07) is 13.5. The number of rotatable bonds is 5. The SMILES string of the molecule is COc1ccc(C2/C(=C(/O)c3ccc(F)c(C)c3)C(=O)C(=O)N2Cc2ccco2)cc1. The number of aryl methyl sites for hydroxylation is 1. The minimum atomic E-state index is -0.846. The van der Waals surface area contributed by atoms with Gasteiger partial charge in [-0.25, -0.2) is 4.39 Å². The summed E-state index contributed by atoms with van der Waals surface area (Å²) in [4.78, 5) is 27.2. The van der Waals surface area contributed by atoms with Crippen LogP contribution in [0.4, 0.5) is 4.39 Å². The Bertz CT molecular complexity index is 1170. The maximum atomic E-state index is 13.7. The molecule has 0 bridgehead atoms. The van der Waals surface area contributed by atoms with Crippen LogP contribution >= 0.6 is 0 Å². The Hall–Kier alpha value is -3.87. The molecule has 1 atom stereocenters. The predicted octanol–water partition coefficient (Wildman–Crippen LogP) is 4.36.